The van der Waals surface area contributed by atoms with E-state index in [9.17, 15) is 14.7 Å². The Morgan fingerprint density at radius 1 is 1.25 bits per heavy atom. The molecule has 2 rings (SSSR count). The summed E-state index contributed by atoms with van der Waals surface area (Å²) in [6.45, 7) is 8.01. The van der Waals surface area contributed by atoms with Gasteiger partial charge in [0.15, 0.2) is 0 Å². The second-order valence-electron chi connectivity index (χ2n) is 6.32. The maximum atomic E-state index is 12.3. The van der Waals surface area contributed by atoms with Crippen LogP contribution in [0.3, 0.4) is 0 Å². The lowest BCUT2D eigenvalue weighted by Crippen LogP contribution is -2.44. The van der Waals surface area contributed by atoms with E-state index in [1.165, 1.54) is 0 Å². The maximum Gasteiger partial charge on any atom is 0.326 e. The number of carbonyl (C=O) groups excluding carboxylic acids is 1. The zero-order valence-corrected chi connectivity index (χ0v) is 14.4. The van der Waals surface area contributed by atoms with E-state index in [0.717, 1.165) is 17.0 Å². The minimum atomic E-state index is -1.03. The molecule has 1 unspecified atom stereocenters. The molecule has 2 N–H and O–H groups in total. The number of nitrogens with zero attached hydrogens (tertiary/aromatic N) is 2. The molecule has 6 nitrogen and oxygen atoms in total. The van der Waals surface area contributed by atoms with Crippen molar-refractivity contribution < 1.29 is 14.7 Å². The van der Waals surface area contributed by atoms with Gasteiger partial charge in [0.1, 0.15) is 6.04 Å². The fourth-order valence-electron chi connectivity index (χ4n) is 2.56. The van der Waals surface area contributed by atoms with Crippen molar-refractivity contribution in [1.29, 1.82) is 0 Å². The second-order valence-corrected chi connectivity index (χ2v) is 6.32. The Hall–Kier alpha value is -2.63. The first-order chi connectivity index (χ1) is 11.3. The van der Waals surface area contributed by atoms with Crippen LogP contribution in [0.15, 0.2) is 30.3 Å². The quantitative estimate of drug-likeness (QED) is 0.852. The van der Waals surface area contributed by atoms with Crippen molar-refractivity contribution in [2.45, 2.75) is 40.3 Å². The Bertz CT molecular complexity index is 750. The number of carboxylic acids is 1. The summed E-state index contributed by atoms with van der Waals surface area (Å²) in [6.07, 6.45) is 0. The first-order valence-electron chi connectivity index (χ1n) is 7.91. The van der Waals surface area contributed by atoms with Gasteiger partial charge in [-0.25, -0.2) is 4.79 Å². The van der Waals surface area contributed by atoms with Crippen LogP contribution in [-0.4, -0.2) is 32.8 Å². The molecule has 2 aromatic rings. The normalized spacial score (nSPS) is 12.2. The fourth-order valence-corrected chi connectivity index (χ4v) is 2.56. The van der Waals surface area contributed by atoms with Crippen LogP contribution in [0.1, 0.15) is 41.2 Å². The van der Waals surface area contributed by atoms with Crippen molar-refractivity contribution in [3.8, 4) is 0 Å². The minimum absolute atomic E-state index is 0.190. The maximum absolute atomic E-state index is 12.3. The van der Waals surface area contributed by atoms with E-state index in [0.29, 0.717) is 12.1 Å². The van der Waals surface area contributed by atoms with Crippen LogP contribution in [0.5, 0.6) is 0 Å². The molecule has 0 radical (unpaired) electrons. The SMILES string of the molecule is Cc1cc(C)n(Cc2cccc(C(=O)NC(C(=O)O)C(C)C)c2)n1. The first-order valence-corrected chi connectivity index (χ1v) is 7.91. The van der Waals surface area contributed by atoms with Crippen LogP contribution in [0.4, 0.5) is 0 Å². The molecule has 1 aromatic heterocycles. The number of hydrogen-bond donors (Lipinski definition) is 2. The summed E-state index contributed by atoms with van der Waals surface area (Å²) in [4.78, 5) is 23.6. The van der Waals surface area contributed by atoms with Crippen molar-refractivity contribution in [2.75, 3.05) is 0 Å². The number of rotatable bonds is 6. The van der Waals surface area contributed by atoms with Gasteiger partial charge >= 0.3 is 5.97 Å². The van der Waals surface area contributed by atoms with Gasteiger partial charge in [0.25, 0.3) is 5.91 Å². The Kier molecular flexibility index (Phi) is 5.39. The highest BCUT2D eigenvalue weighted by Crippen LogP contribution is 2.11. The molecule has 0 aliphatic heterocycles. The third kappa shape index (κ3) is 4.22. The molecule has 128 valence electrons. The topological polar surface area (TPSA) is 84.2 Å². The molecule has 6 heteroatoms. The second kappa shape index (κ2) is 7.29. The lowest BCUT2D eigenvalue weighted by molar-refractivity contribution is -0.140. The molecule has 1 heterocycles. The van der Waals surface area contributed by atoms with Gasteiger partial charge in [0, 0.05) is 11.3 Å². The molecule has 0 aliphatic carbocycles. The molecule has 1 amide bonds. The van der Waals surface area contributed by atoms with Crippen LogP contribution in [0.2, 0.25) is 0 Å². The van der Waals surface area contributed by atoms with Crippen LogP contribution >= 0.6 is 0 Å². The predicted octanol–water partition coefficient (Wildman–Crippen LogP) is 2.39. The van der Waals surface area contributed by atoms with Crippen molar-refractivity contribution in [3.63, 3.8) is 0 Å². The zero-order chi connectivity index (χ0) is 17.9. The third-order valence-corrected chi connectivity index (χ3v) is 3.84. The first kappa shape index (κ1) is 17.7. The standard InChI is InChI=1S/C18H23N3O3/c1-11(2)16(18(23)24)19-17(22)15-7-5-6-14(9-15)10-21-13(4)8-12(3)20-21/h5-9,11,16H,10H2,1-4H3,(H,19,22)(H,23,24). The fraction of sp³-hybridized carbons (Fsp3) is 0.389. The van der Waals surface area contributed by atoms with Gasteiger partial charge in [0.2, 0.25) is 0 Å². The van der Waals surface area contributed by atoms with Crippen molar-refractivity contribution >= 4 is 11.9 Å². The summed E-state index contributed by atoms with van der Waals surface area (Å²) in [7, 11) is 0. The van der Waals surface area contributed by atoms with E-state index in [4.69, 9.17) is 0 Å². The van der Waals surface area contributed by atoms with Gasteiger partial charge in [-0.2, -0.15) is 5.10 Å². The smallest absolute Gasteiger partial charge is 0.326 e. The lowest BCUT2D eigenvalue weighted by Gasteiger charge is -2.18. The molecule has 0 saturated heterocycles. The van der Waals surface area contributed by atoms with Crippen LogP contribution in [0.25, 0.3) is 0 Å². The van der Waals surface area contributed by atoms with Crippen LogP contribution < -0.4 is 5.32 Å². The number of carbonyl (C=O) groups is 2. The number of amides is 1. The molecule has 24 heavy (non-hydrogen) atoms. The van der Waals surface area contributed by atoms with E-state index in [-0.39, 0.29) is 11.8 Å². The van der Waals surface area contributed by atoms with Crippen LogP contribution in [-0.2, 0) is 11.3 Å². The van der Waals surface area contributed by atoms with Crippen molar-refractivity contribution in [2.24, 2.45) is 5.92 Å². The van der Waals surface area contributed by atoms with Gasteiger partial charge in [0.05, 0.1) is 12.2 Å². The zero-order valence-electron chi connectivity index (χ0n) is 14.4. The van der Waals surface area contributed by atoms with Gasteiger partial charge < -0.3 is 10.4 Å². The summed E-state index contributed by atoms with van der Waals surface area (Å²) >= 11 is 0. The van der Waals surface area contributed by atoms with E-state index >= 15 is 0 Å². The molecule has 0 aliphatic rings. The molecular weight excluding hydrogens is 306 g/mol. The number of nitrogens with one attached hydrogen (secondary N) is 1. The number of aryl methyl sites for hydroxylation is 2. The molecule has 0 bridgehead atoms. The average molecular weight is 329 g/mol. The number of benzene rings is 1. The molecule has 0 saturated carbocycles. The van der Waals surface area contributed by atoms with E-state index in [1.54, 1.807) is 32.0 Å². The number of aromatic nitrogens is 2. The Balaban J connectivity index is 2.16. The largest absolute Gasteiger partial charge is 0.480 e. The highest BCUT2D eigenvalue weighted by Gasteiger charge is 2.23. The third-order valence-electron chi connectivity index (χ3n) is 3.84. The predicted molar refractivity (Wildman–Crippen MR) is 91.0 cm³/mol. The van der Waals surface area contributed by atoms with E-state index in [1.807, 2.05) is 30.7 Å². The number of hydrogen-bond acceptors (Lipinski definition) is 3. The van der Waals surface area contributed by atoms with Gasteiger partial charge in [-0.05, 0) is 43.5 Å². The summed E-state index contributed by atoms with van der Waals surface area (Å²) in [5, 5.41) is 16.2. The molecule has 1 aromatic carbocycles. The lowest BCUT2D eigenvalue weighted by atomic mass is 10.0. The van der Waals surface area contributed by atoms with E-state index in [2.05, 4.69) is 10.4 Å². The molecule has 0 fully saturated rings. The molecule has 1 atom stereocenters. The Labute approximate surface area is 141 Å². The summed E-state index contributed by atoms with van der Waals surface area (Å²) in [5.74, 6) is -1.60. The van der Waals surface area contributed by atoms with E-state index < -0.39 is 12.0 Å². The monoisotopic (exact) mass is 329 g/mol. The summed E-state index contributed by atoms with van der Waals surface area (Å²) in [6, 6.07) is 8.25. The highest BCUT2D eigenvalue weighted by atomic mass is 16.4. The summed E-state index contributed by atoms with van der Waals surface area (Å²) < 4.78 is 1.88. The van der Waals surface area contributed by atoms with Crippen LogP contribution in [0, 0.1) is 19.8 Å². The Morgan fingerprint density at radius 3 is 2.50 bits per heavy atom. The highest BCUT2D eigenvalue weighted by molar-refractivity contribution is 5.96. The van der Waals surface area contributed by atoms with Gasteiger partial charge in [-0.15, -0.1) is 0 Å². The molecule has 0 spiro atoms. The number of carboxylic acid groups (broad SMARTS) is 1. The van der Waals surface area contributed by atoms with Crippen molar-refractivity contribution in [3.05, 3.63) is 52.8 Å². The number of aliphatic carboxylic acids is 1. The Morgan fingerprint density at radius 2 is 1.96 bits per heavy atom. The van der Waals surface area contributed by atoms with Gasteiger partial charge in [-0.1, -0.05) is 26.0 Å². The average Bonchev–Trinajstić information content (AvgIpc) is 2.81. The van der Waals surface area contributed by atoms with Crippen molar-refractivity contribution in [1.82, 2.24) is 15.1 Å². The summed E-state index contributed by atoms with van der Waals surface area (Å²) in [5.41, 5.74) is 3.38. The van der Waals surface area contributed by atoms with Gasteiger partial charge in [-0.3, -0.25) is 9.48 Å². The molecular formula is C18H23N3O3. The minimum Gasteiger partial charge on any atom is -0.480 e.